The van der Waals surface area contributed by atoms with Crippen LogP contribution < -0.4 is 10.1 Å². The molecule has 0 amide bonds. The molecule has 0 aliphatic carbocycles. The first-order valence-corrected chi connectivity index (χ1v) is 6.53. The zero-order valence-corrected chi connectivity index (χ0v) is 12.5. The van der Waals surface area contributed by atoms with Crippen molar-refractivity contribution in [2.24, 2.45) is 0 Å². The van der Waals surface area contributed by atoms with Gasteiger partial charge in [-0.2, -0.15) is 0 Å². The van der Waals surface area contributed by atoms with Crippen molar-refractivity contribution in [1.82, 2.24) is 5.32 Å². The molecule has 1 aromatic rings. The maximum Gasteiger partial charge on any atom is 0.323 e. The number of carboxylic acid groups (broad SMARTS) is 1. The van der Waals surface area contributed by atoms with E-state index in [9.17, 15) is 20.0 Å². The number of hydrogen-bond acceptors (Lipinski definition) is 5. The van der Waals surface area contributed by atoms with Gasteiger partial charge in [0.25, 0.3) is 0 Å². The number of ether oxygens (including phenoxy) is 1. The van der Waals surface area contributed by atoms with Gasteiger partial charge in [-0.15, -0.1) is 0 Å². The van der Waals surface area contributed by atoms with Gasteiger partial charge < -0.3 is 15.2 Å². The van der Waals surface area contributed by atoms with E-state index in [0.29, 0.717) is 0 Å². The molecule has 0 heterocycles. The van der Waals surface area contributed by atoms with E-state index in [2.05, 4.69) is 5.32 Å². The standard InChI is InChI=1S/C14H20N2O5/c1-9-5-6-12(11(7-9)16(19)20)21-10(2)8-14(3,15-4)13(17)18/h5-7,10,15H,8H2,1-4H3,(H,17,18). The lowest BCUT2D eigenvalue weighted by atomic mass is 9.95. The van der Waals surface area contributed by atoms with E-state index in [0.717, 1.165) is 5.56 Å². The molecule has 116 valence electrons. The first kappa shape index (κ1) is 16.9. The van der Waals surface area contributed by atoms with Crippen LogP contribution in [0.2, 0.25) is 0 Å². The number of likely N-dealkylation sites (N-methyl/N-ethyl adjacent to an activating group) is 1. The molecule has 7 heteroatoms. The zero-order valence-electron chi connectivity index (χ0n) is 12.5. The second kappa shape index (κ2) is 6.53. The summed E-state index contributed by atoms with van der Waals surface area (Å²) in [7, 11) is 1.55. The number of aliphatic carboxylic acids is 1. The number of rotatable bonds is 7. The van der Waals surface area contributed by atoms with Crippen molar-refractivity contribution < 1.29 is 19.6 Å². The molecule has 0 fully saturated rings. The van der Waals surface area contributed by atoms with Crippen molar-refractivity contribution in [3.8, 4) is 5.75 Å². The van der Waals surface area contributed by atoms with Crippen molar-refractivity contribution >= 4 is 11.7 Å². The maximum atomic E-state index is 11.2. The lowest BCUT2D eigenvalue weighted by Gasteiger charge is -2.27. The smallest absolute Gasteiger partial charge is 0.323 e. The number of nitrogens with one attached hydrogen (secondary N) is 1. The summed E-state index contributed by atoms with van der Waals surface area (Å²) in [6.07, 6.45) is -0.330. The van der Waals surface area contributed by atoms with Crippen LogP contribution in [0.15, 0.2) is 18.2 Å². The Morgan fingerprint density at radius 2 is 2.19 bits per heavy atom. The lowest BCUT2D eigenvalue weighted by molar-refractivity contribution is -0.386. The highest BCUT2D eigenvalue weighted by atomic mass is 16.6. The Hall–Kier alpha value is -2.15. The predicted molar refractivity (Wildman–Crippen MR) is 77.6 cm³/mol. The second-order valence-electron chi connectivity index (χ2n) is 5.25. The summed E-state index contributed by atoms with van der Waals surface area (Å²) in [5.74, 6) is -0.860. The Morgan fingerprint density at radius 3 is 2.67 bits per heavy atom. The number of nitro groups is 1. The summed E-state index contributed by atoms with van der Waals surface area (Å²) in [5, 5.41) is 23.0. The van der Waals surface area contributed by atoms with Gasteiger partial charge in [-0.3, -0.25) is 14.9 Å². The molecule has 7 nitrogen and oxygen atoms in total. The highest BCUT2D eigenvalue weighted by Gasteiger charge is 2.34. The molecule has 21 heavy (non-hydrogen) atoms. The molecular weight excluding hydrogens is 276 g/mol. The fraction of sp³-hybridized carbons (Fsp3) is 0.500. The van der Waals surface area contributed by atoms with Gasteiger partial charge in [0, 0.05) is 12.5 Å². The summed E-state index contributed by atoms with van der Waals surface area (Å²) in [5.41, 5.74) is -0.519. The highest BCUT2D eigenvalue weighted by molar-refractivity contribution is 5.78. The zero-order chi connectivity index (χ0) is 16.2. The normalized spacial score (nSPS) is 15.0. The van der Waals surface area contributed by atoms with Gasteiger partial charge in [-0.25, -0.2) is 0 Å². The number of benzene rings is 1. The third-order valence-corrected chi connectivity index (χ3v) is 3.36. The summed E-state index contributed by atoms with van der Waals surface area (Å²) in [6, 6.07) is 4.67. The van der Waals surface area contributed by atoms with Crippen molar-refractivity contribution in [1.29, 1.82) is 0 Å². The van der Waals surface area contributed by atoms with Crippen molar-refractivity contribution in [3.63, 3.8) is 0 Å². The third-order valence-electron chi connectivity index (χ3n) is 3.36. The van der Waals surface area contributed by atoms with E-state index in [4.69, 9.17) is 4.74 Å². The van der Waals surface area contributed by atoms with E-state index in [1.807, 2.05) is 0 Å². The van der Waals surface area contributed by atoms with Crippen LogP contribution in [-0.4, -0.2) is 34.7 Å². The molecule has 0 spiro atoms. The largest absolute Gasteiger partial charge is 0.484 e. The van der Waals surface area contributed by atoms with Crippen LogP contribution in [0.25, 0.3) is 0 Å². The van der Waals surface area contributed by atoms with Crippen molar-refractivity contribution in [3.05, 3.63) is 33.9 Å². The van der Waals surface area contributed by atoms with Gasteiger partial charge in [0.2, 0.25) is 0 Å². The minimum absolute atomic E-state index is 0.122. The monoisotopic (exact) mass is 296 g/mol. The van der Waals surface area contributed by atoms with Gasteiger partial charge >= 0.3 is 11.7 Å². The molecule has 0 aliphatic heterocycles. The molecule has 2 N–H and O–H groups in total. The van der Waals surface area contributed by atoms with Crippen LogP contribution in [0.1, 0.15) is 25.8 Å². The number of carbonyl (C=O) groups is 1. The molecule has 1 aromatic carbocycles. The minimum Gasteiger partial charge on any atom is -0.484 e. The van der Waals surface area contributed by atoms with E-state index in [1.165, 1.54) is 12.1 Å². The number of nitrogens with zero attached hydrogens (tertiary/aromatic N) is 1. The Kier molecular flexibility index (Phi) is 5.26. The van der Waals surface area contributed by atoms with Gasteiger partial charge in [-0.1, -0.05) is 6.07 Å². The van der Waals surface area contributed by atoms with Crippen LogP contribution in [0, 0.1) is 17.0 Å². The Bertz CT molecular complexity index is 546. The van der Waals surface area contributed by atoms with E-state index in [-0.39, 0.29) is 17.9 Å². The molecule has 0 saturated carbocycles. The van der Waals surface area contributed by atoms with Gasteiger partial charge in [0.1, 0.15) is 5.54 Å². The van der Waals surface area contributed by atoms with E-state index in [1.54, 1.807) is 33.9 Å². The van der Waals surface area contributed by atoms with Crippen LogP contribution >= 0.6 is 0 Å². The summed E-state index contributed by atoms with van der Waals surface area (Å²) in [6.45, 7) is 4.98. The molecule has 0 bridgehead atoms. The van der Waals surface area contributed by atoms with Crippen LogP contribution in [0.4, 0.5) is 5.69 Å². The van der Waals surface area contributed by atoms with Crippen molar-refractivity contribution in [2.75, 3.05) is 7.05 Å². The first-order valence-electron chi connectivity index (χ1n) is 6.53. The predicted octanol–water partition coefficient (Wildman–Crippen LogP) is 2.12. The molecule has 0 aromatic heterocycles. The van der Waals surface area contributed by atoms with E-state index >= 15 is 0 Å². The van der Waals surface area contributed by atoms with Crippen LogP contribution in [-0.2, 0) is 4.79 Å². The van der Waals surface area contributed by atoms with Gasteiger partial charge in [0.05, 0.1) is 11.0 Å². The molecular formula is C14H20N2O5. The maximum absolute atomic E-state index is 11.2. The molecule has 0 radical (unpaired) electrons. The summed E-state index contributed by atoms with van der Waals surface area (Å²) >= 11 is 0. The average Bonchev–Trinajstić information content (AvgIpc) is 2.40. The second-order valence-corrected chi connectivity index (χ2v) is 5.25. The minimum atomic E-state index is -1.15. The Morgan fingerprint density at radius 1 is 1.57 bits per heavy atom. The SMILES string of the molecule is CNC(C)(CC(C)Oc1ccc(C)cc1[N+](=O)[O-])C(=O)O. The molecule has 0 aliphatic rings. The molecule has 0 saturated heterocycles. The molecule has 2 unspecified atom stereocenters. The van der Waals surface area contributed by atoms with Gasteiger partial charge in [0.15, 0.2) is 5.75 Å². The number of aryl methyl sites for hydroxylation is 1. The number of nitro benzene ring substituents is 1. The third kappa shape index (κ3) is 4.16. The number of hydrogen-bond donors (Lipinski definition) is 2. The molecule has 1 rings (SSSR count). The van der Waals surface area contributed by atoms with Crippen LogP contribution in [0.5, 0.6) is 5.75 Å². The Labute approximate surface area is 123 Å². The van der Waals surface area contributed by atoms with Crippen molar-refractivity contribution in [2.45, 2.75) is 38.8 Å². The lowest BCUT2D eigenvalue weighted by Crippen LogP contribution is -2.50. The fourth-order valence-corrected chi connectivity index (χ4v) is 2.00. The summed E-state index contributed by atoms with van der Waals surface area (Å²) < 4.78 is 5.56. The number of carboxylic acids is 1. The quantitative estimate of drug-likeness (QED) is 0.590. The van der Waals surface area contributed by atoms with E-state index < -0.39 is 22.5 Å². The van der Waals surface area contributed by atoms with Crippen LogP contribution in [0.3, 0.4) is 0 Å². The Balaban J connectivity index is 2.91. The van der Waals surface area contributed by atoms with Gasteiger partial charge in [-0.05, 0) is 39.4 Å². The highest BCUT2D eigenvalue weighted by Crippen LogP contribution is 2.29. The topological polar surface area (TPSA) is 102 Å². The first-order chi connectivity index (χ1) is 9.69. The molecule has 2 atom stereocenters. The average molecular weight is 296 g/mol. The fourth-order valence-electron chi connectivity index (χ4n) is 2.00. The summed E-state index contributed by atoms with van der Waals surface area (Å²) in [4.78, 5) is 21.7.